The van der Waals surface area contributed by atoms with E-state index in [1.54, 1.807) is 18.0 Å². The Morgan fingerprint density at radius 1 is 1.18 bits per heavy atom. The molecule has 1 saturated heterocycles. The molecule has 0 bridgehead atoms. The number of nitrogens with one attached hydrogen (secondary N) is 1. The average Bonchev–Trinajstić information content (AvgIpc) is 3.31. The second-order valence-corrected chi connectivity index (χ2v) is 8.71. The number of nitrogens with zero attached hydrogens (tertiary/aromatic N) is 3. The number of hydrogen-bond donors (Lipinski definition) is 1. The fraction of sp³-hybridized carbons (Fsp3) is 0.545. The highest BCUT2D eigenvalue weighted by Gasteiger charge is 2.29. The van der Waals surface area contributed by atoms with Crippen LogP contribution in [0.15, 0.2) is 41.8 Å². The summed E-state index contributed by atoms with van der Waals surface area (Å²) in [5.74, 6) is 0.0281. The molecule has 0 spiro atoms. The average molecular weight is 399 g/mol. The van der Waals surface area contributed by atoms with Crippen LogP contribution >= 0.6 is 11.8 Å². The molecule has 1 saturated carbocycles. The highest BCUT2D eigenvalue weighted by molar-refractivity contribution is 7.98. The highest BCUT2D eigenvalue weighted by Crippen LogP contribution is 2.25. The van der Waals surface area contributed by atoms with Gasteiger partial charge in [0.2, 0.25) is 0 Å². The Kier molecular flexibility index (Phi) is 6.37. The van der Waals surface area contributed by atoms with E-state index in [0.717, 1.165) is 36.4 Å². The van der Waals surface area contributed by atoms with Gasteiger partial charge in [0, 0.05) is 48.8 Å². The van der Waals surface area contributed by atoms with Gasteiger partial charge in [-0.15, -0.1) is 0 Å². The molecule has 1 aromatic heterocycles. The van der Waals surface area contributed by atoms with Gasteiger partial charge in [0.05, 0.1) is 0 Å². The first-order valence-electron chi connectivity index (χ1n) is 10.5. The second-order valence-electron chi connectivity index (χ2n) is 7.93. The van der Waals surface area contributed by atoms with Crippen LogP contribution in [0.2, 0.25) is 0 Å². The molecule has 1 aliphatic heterocycles. The summed E-state index contributed by atoms with van der Waals surface area (Å²) in [6.07, 6.45) is 14.9. The molecule has 150 valence electrons. The first kappa shape index (κ1) is 19.5. The van der Waals surface area contributed by atoms with Crippen LogP contribution in [0, 0.1) is 0 Å². The first-order valence-corrected chi connectivity index (χ1v) is 11.7. The normalized spacial score (nSPS) is 21.5. The molecular weight excluding hydrogens is 368 g/mol. The third-order valence-corrected chi connectivity index (χ3v) is 6.74. The number of aromatic nitrogens is 2. The van der Waals surface area contributed by atoms with Gasteiger partial charge >= 0.3 is 0 Å². The van der Waals surface area contributed by atoms with Gasteiger partial charge in [0.1, 0.15) is 0 Å². The maximum atomic E-state index is 12.9. The van der Waals surface area contributed by atoms with Crippen molar-refractivity contribution in [3.05, 3.63) is 42.2 Å². The van der Waals surface area contributed by atoms with Crippen molar-refractivity contribution in [3.8, 4) is 5.69 Å². The number of rotatable bonds is 5. The van der Waals surface area contributed by atoms with Crippen LogP contribution in [0.5, 0.6) is 0 Å². The van der Waals surface area contributed by atoms with Crippen molar-refractivity contribution in [2.75, 3.05) is 19.3 Å². The molecule has 4 rings (SSSR count). The molecule has 2 fully saturated rings. The molecule has 1 aliphatic carbocycles. The number of carbonyl (C=O) groups excluding carboxylic acids is 1. The van der Waals surface area contributed by atoms with E-state index in [1.807, 2.05) is 41.3 Å². The maximum Gasteiger partial charge on any atom is 0.251 e. The molecule has 1 N–H and O–H groups in total. The molecule has 28 heavy (non-hydrogen) atoms. The SMILES string of the molecule is CSc1nccn1-c1cccc(C(=O)NC2CCN(C3CCCCCC3)C2)c1. The molecule has 1 unspecified atom stereocenters. The van der Waals surface area contributed by atoms with Crippen LogP contribution in [-0.4, -0.2) is 51.8 Å². The maximum absolute atomic E-state index is 12.9. The van der Waals surface area contributed by atoms with Crippen LogP contribution in [-0.2, 0) is 0 Å². The smallest absolute Gasteiger partial charge is 0.251 e. The van der Waals surface area contributed by atoms with E-state index in [9.17, 15) is 4.79 Å². The minimum Gasteiger partial charge on any atom is -0.348 e. The summed E-state index contributed by atoms with van der Waals surface area (Å²) in [5, 5.41) is 4.19. The highest BCUT2D eigenvalue weighted by atomic mass is 32.2. The molecule has 1 amide bonds. The van der Waals surface area contributed by atoms with E-state index in [0.29, 0.717) is 5.56 Å². The Morgan fingerprint density at radius 3 is 2.79 bits per heavy atom. The van der Waals surface area contributed by atoms with Crippen LogP contribution in [0.25, 0.3) is 5.69 Å². The number of thioether (sulfide) groups is 1. The standard InChI is InChI=1S/C22H30N4OS/c1-28-22-23-12-14-26(22)20-10-6-7-17(15-20)21(27)24-18-11-13-25(16-18)19-8-4-2-3-5-9-19/h6-7,10,12,14-15,18-19H,2-5,8-9,11,13,16H2,1H3,(H,24,27). The summed E-state index contributed by atoms with van der Waals surface area (Å²) in [5.41, 5.74) is 1.69. The molecule has 2 aromatic rings. The molecule has 2 aliphatic rings. The van der Waals surface area contributed by atoms with E-state index in [2.05, 4.69) is 15.2 Å². The lowest BCUT2D eigenvalue weighted by atomic mass is 10.1. The van der Waals surface area contributed by atoms with Crippen molar-refractivity contribution in [1.29, 1.82) is 0 Å². The van der Waals surface area contributed by atoms with Gasteiger partial charge in [0.25, 0.3) is 5.91 Å². The van der Waals surface area contributed by atoms with Crippen molar-refractivity contribution in [2.24, 2.45) is 0 Å². The molecule has 2 heterocycles. The van der Waals surface area contributed by atoms with Gasteiger partial charge in [0.15, 0.2) is 5.16 Å². The van der Waals surface area contributed by atoms with Crippen LogP contribution in [0.1, 0.15) is 55.3 Å². The summed E-state index contributed by atoms with van der Waals surface area (Å²) in [6, 6.07) is 8.79. The zero-order chi connectivity index (χ0) is 19.3. The number of amides is 1. The minimum atomic E-state index is 0.0281. The van der Waals surface area contributed by atoms with E-state index in [4.69, 9.17) is 0 Å². The van der Waals surface area contributed by atoms with Crippen molar-refractivity contribution in [3.63, 3.8) is 0 Å². The molecule has 5 nitrogen and oxygen atoms in total. The number of imidazole rings is 1. The van der Waals surface area contributed by atoms with E-state index < -0.39 is 0 Å². The Morgan fingerprint density at radius 2 is 2.00 bits per heavy atom. The predicted molar refractivity (Wildman–Crippen MR) is 114 cm³/mol. The van der Waals surface area contributed by atoms with Crippen molar-refractivity contribution < 1.29 is 4.79 Å². The summed E-state index contributed by atoms with van der Waals surface area (Å²) in [7, 11) is 0. The van der Waals surface area contributed by atoms with Gasteiger partial charge < -0.3 is 5.32 Å². The minimum absolute atomic E-state index is 0.0281. The largest absolute Gasteiger partial charge is 0.348 e. The number of hydrogen-bond acceptors (Lipinski definition) is 4. The first-order chi connectivity index (χ1) is 13.7. The van der Waals surface area contributed by atoms with Crippen LogP contribution in [0.4, 0.5) is 0 Å². The van der Waals surface area contributed by atoms with Gasteiger partial charge in [-0.2, -0.15) is 0 Å². The molecule has 1 aromatic carbocycles. The summed E-state index contributed by atoms with van der Waals surface area (Å²) in [4.78, 5) is 19.8. The summed E-state index contributed by atoms with van der Waals surface area (Å²) in [6.45, 7) is 2.11. The van der Waals surface area contributed by atoms with Crippen molar-refractivity contribution in [1.82, 2.24) is 19.8 Å². The zero-order valence-corrected chi connectivity index (χ0v) is 17.5. The number of benzene rings is 1. The van der Waals surface area contributed by atoms with Crippen LogP contribution in [0.3, 0.4) is 0 Å². The summed E-state index contributed by atoms with van der Waals surface area (Å²) < 4.78 is 2.02. The van der Waals surface area contributed by atoms with E-state index in [1.165, 1.54) is 38.5 Å². The van der Waals surface area contributed by atoms with E-state index in [-0.39, 0.29) is 11.9 Å². The topological polar surface area (TPSA) is 50.2 Å². The Labute approximate surface area is 171 Å². The fourth-order valence-corrected chi connectivity index (χ4v) is 5.09. The van der Waals surface area contributed by atoms with Crippen molar-refractivity contribution >= 4 is 17.7 Å². The molecule has 1 atom stereocenters. The number of likely N-dealkylation sites (tertiary alicyclic amines) is 1. The van der Waals surface area contributed by atoms with E-state index >= 15 is 0 Å². The fourth-order valence-electron chi connectivity index (χ4n) is 4.56. The van der Waals surface area contributed by atoms with Crippen molar-refractivity contribution in [2.45, 2.75) is 62.2 Å². The van der Waals surface area contributed by atoms with Gasteiger partial charge in [-0.05, 0) is 43.7 Å². The van der Waals surface area contributed by atoms with Gasteiger partial charge in [-0.3, -0.25) is 14.3 Å². The zero-order valence-electron chi connectivity index (χ0n) is 16.6. The second kappa shape index (κ2) is 9.14. The molecular formula is C22H30N4OS. The quantitative estimate of drug-likeness (QED) is 0.608. The monoisotopic (exact) mass is 398 g/mol. The Hall–Kier alpha value is -1.79. The molecule has 0 radical (unpaired) electrons. The summed E-state index contributed by atoms with van der Waals surface area (Å²) >= 11 is 1.60. The predicted octanol–water partition coefficient (Wildman–Crippen LogP) is 4.12. The lowest BCUT2D eigenvalue weighted by Gasteiger charge is -2.26. The Balaban J connectivity index is 1.38. The lowest BCUT2D eigenvalue weighted by Crippen LogP contribution is -2.39. The number of carbonyl (C=O) groups is 1. The molecule has 6 heteroatoms. The Bertz CT molecular complexity index is 797. The van der Waals surface area contributed by atoms with Gasteiger partial charge in [-0.25, -0.2) is 4.98 Å². The van der Waals surface area contributed by atoms with Gasteiger partial charge in [-0.1, -0.05) is 43.5 Å². The lowest BCUT2D eigenvalue weighted by molar-refractivity contribution is 0.0935. The third kappa shape index (κ3) is 4.44. The third-order valence-electron chi connectivity index (χ3n) is 6.07. The van der Waals surface area contributed by atoms with Crippen LogP contribution < -0.4 is 5.32 Å².